The Kier molecular flexibility index (Phi) is 3.36. The molecule has 0 aromatic carbocycles. The topological polar surface area (TPSA) is 66.5 Å². The molecule has 1 aromatic rings. The van der Waals surface area contributed by atoms with Crippen LogP contribution in [0.5, 0.6) is 0 Å². The second-order valence-corrected chi connectivity index (χ2v) is 4.34. The van der Waals surface area contributed by atoms with E-state index in [0.717, 1.165) is 25.3 Å². The highest BCUT2D eigenvalue weighted by Gasteiger charge is 2.08. The molecule has 2 N–H and O–H groups in total. The van der Waals surface area contributed by atoms with Crippen molar-refractivity contribution in [2.75, 3.05) is 13.1 Å². The summed E-state index contributed by atoms with van der Waals surface area (Å²) in [6, 6.07) is 0. The largest absolute Gasteiger partial charge is 0.316 e. The molecule has 5 nitrogen and oxygen atoms in total. The second-order valence-electron chi connectivity index (χ2n) is 4.34. The van der Waals surface area contributed by atoms with Gasteiger partial charge in [0.2, 0.25) is 0 Å². The fraction of sp³-hybridized carbons (Fsp3) is 0.875. The maximum absolute atomic E-state index is 3.79. The maximum Gasteiger partial charge on any atom is 0.149 e. The zero-order chi connectivity index (χ0) is 9.73. The van der Waals surface area contributed by atoms with Crippen molar-refractivity contribution in [3.8, 4) is 0 Å². The van der Waals surface area contributed by atoms with Crippen LogP contribution in [-0.4, -0.2) is 33.7 Å². The van der Waals surface area contributed by atoms with Crippen LogP contribution in [0.2, 0.25) is 0 Å². The van der Waals surface area contributed by atoms with E-state index in [0.29, 0.717) is 5.41 Å². The Hall–Kier alpha value is -0.970. The smallest absolute Gasteiger partial charge is 0.149 e. The molecule has 0 radical (unpaired) electrons. The number of nitrogens with zero attached hydrogens (tertiary/aromatic N) is 3. The van der Waals surface area contributed by atoms with Gasteiger partial charge in [0.05, 0.1) is 0 Å². The number of nitrogens with one attached hydrogen (secondary N) is 2. The number of aromatic nitrogens is 4. The number of rotatable bonds is 4. The van der Waals surface area contributed by atoms with Gasteiger partial charge in [-0.3, -0.25) is 0 Å². The quantitative estimate of drug-likeness (QED) is 0.662. The van der Waals surface area contributed by atoms with Crippen LogP contribution in [0.1, 0.15) is 26.6 Å². The van der Waals surface area contributed by atoms with E-state index in [-0.39, 0.29) is 0 Å². The molecule has 0 unspecified atom stereocenters. The van der Waals surface area contributed by atoms with Crippen LogP contribution in [0.3, 0.4) is 0 Å². The summed E-state index contributed by atoms with van der Waals surface area (Å²) < 4.78 is 0. The third-order valence-electron chi connectivity index (χ3n) is 1.58. The van der Waals surface area contributed by atoms with Crippen molar-refractivity contribution in [1.82, 2.24) is 25.9 Å². The number of hydrogen-bond acceptors (Lipinski definition) is 4. The van der Waals surface area contributed by atoms with Crippen LogP contribution in [0, 0.1) is 5.41 Å². The molecule has 0 aliphatic heterocycles. The highest BCUT2D eigenvalue weighted by atomic mass is 15.5. The monoisotopic (exact) mass is 183 g/mol. The Balaban J connectivity index is 2.09. The first-order valence-electron chi connectivity index (χ1n) is 4.51. The van der Waals surface area contributed by atoms with E-state index in [1.165, 1.54) is 0 Å². The summed E-state index contributed by atoms with van der Waals surface area (Å²) in [5.74, 6) is 0.835. The Morgan fingerprint density at radius 1 is 1.38 bits per heavy atom. The predicted octanol–water partition coefficient (Wildman–Crippen LogP) is 0.378. The molecule has 0 aliphatic carbocycles. The molecular formula is C8H17N5. The third-order valence-corrected chi connectivity index (χ3v) is 1.58. The van der Waals surface area contributed by atoms with Gasteiger partial charge >= 0.3 is 0 Å². The van der Waals surface area contributed by atoms with Gasteiger partial charge in [0.15, 0.2) is 0 Å². The van der Waals surface area contributed by atoms with E-state index in [1.54, 1.807) is 0 Å². The Bertz CT molecular complexity index is 223. The predicted molar refractivity (Wildman–Crippen MR) is 50.2 cm³/mol. The summed E-state index contributed by atoms with van der Waals surface area (Å²) in [6.07, 6.45) is 0.850. The fourth-order valence-corrected chi connectivity index (χ4v) is 0.955. The van der Waals surface area contributed by atoms with Gasteiger partial charge in [-0.15, -0.1) is 5.10 Å². The number of hydrogen-bond donors (Lipinski definition) is 2. The highest BCUT2D eigenvalue weighted by Crippen LogP contribution is 2.09. The maximum atomic E-state index is 3.79. The number of H-pyrrole nitrogens is 1. The summed E-state index contributed by atoms with van der Waals surface area (Å²) in [5, 5.41) is 16.9. The Labute approximate surface area is 78.3 Å². The Morgan fingerprint density at radius 2 is 2.15 bits per heavy atom. The van der Waals surface area contributed by atoms with Crippen molar-refractivity contribution in [2.45, 2.75) is 27.2 Å². The summed E-state index contributed by atoms with van der Waals surface area (Å²) in [7, 11) is 0. The van der Waals surface area contributed by atoms with Gasteiger partial charge in [0.1, 0.15) is 5.82 Å². The summed E-state index contributed by atoms with van der Waals surface area (Å²) in [4.78, 5) is 0. The van der Waals surface area contributed by atoms with Gasteiger partial charge in [-0.2, -0.15) is 0 Å². The molecular weight excluding hydrogens is 166 g/mol. The van der Waals surface area contributed by atoms with E-state index >= 15 is 0 Å². The lowest BCUT2D eigenvalue weighted by molar-refractivity contribution is 0.381. The van der Waals surface area contributed by atoms with Crippen molar-refractivity contribution in [2.24, 2.45) is 5.41 Å². The molecule has 0 amide bonds. The van der Waals surface area contributed by atoms with Gasteiger partial charge in [-0.25, -0.2) is 5.10 Å². The molecule has 1 rings (SSSR count). The molecule has 13 heavy (non-hydrogen) atoms. The number of tetrazole rings is 1. The van der Waals surface area contributed by atoms with Crippen molar-refractivity contribution in [1.29, 1.82) is 0 Å². The first-order chi connectivity index (χ1) is 6.08. The van der Waals surface area contributed by atoms with Crippen LogP contribution >= 0.6 is 0 Å². The molecule has 74 valence electrons. The molecule has 0 aliphatic rings. The zero-order valence-corrected chi connectivity index (χ0v) is 8.46. The minimum atomic E-state index is 0.333. The van der Waals surface area contributed by atoms with Crippen molar-refractivity contribution in [3.63, 3.8) is 0 Å². The van der Waals surface area contributed by atoms with Crippen LogP contribution in [0.25, 0.3) is 0 Å². The standard InChI is InChI=1S/C8H17N5/c1-8(2,3)6-9-5-4-7-10-12-13-11-7/h9H,4-6H2,1-3H3,(H,10,11,12,13). The van der Waals surface area contributed by atoms with Crippen molar-refractivity contribution >= 4 is 0 Å². The molecule has 0 bridgehead atoms. The van der Waals surface area contributed by atoms with Crippen molar-refractivity contribution < 1.29 is 0 Å². The van der Waals surface area contributed by atoms with Crippen LogP contribution in [0.4, 0.5) is 0 Å². The lowest BCUT2D eigenvalue weighted by Gasteiger charge is -2.18. The molecule has 0 spiro atoms. The molecule has 0 saturated carbocycles. The average molecular weight is 183 g/mol. The van der Waals surface area contributed by atoms with E-state index in [9.17, 15) is 0 Å². The minimum Gasteiger partial charge on any atom is -0.316 e. The van der Waals surface area contributed by atoms with E-state index < -0.39 is 0 Å². The van der Waals surface area contributed by atoms with Crippen LogP contribution in [0.15, 0.2) is 0 Å². The summed E-state index contributed by atoms with van der Waals surface area (Å²) >= 11 is 0. The molecule has 5 heteroatoms. The number of aromatic amines is 1. The second kappa shape index (κ2) is 4.32. The van der Waals surface area contributed by atoms with E-state index in [2.05, 4.69) is 46.7 Å². The van der Waals surface area contributed by atoms with Crippen LogP contribution in [-0.2, 0) is 6.42 Å². The van der Waals surface area contributed by atoms with E-state index in [4.69, 9.17) is 0 Å². The highest BCUT2D eigenvalue weighted by molar-refractivity contribution is 4.77. The van der Waals surface area contributed by atoms with Crippen molar-refractivity contribution in [3.05, 3.63) is 5.82 Å². The summed E-state index contributed by atoms with van der Waals surface area (Å²) in [6.45, 7) is 8.53. The van der Waals surface area contributed by atoms with Gasteiger partial charge < -0.3 is 5.32 Å². The third kappa shape index (κ3) is 4.57. The molecule has 0 saturated heterocycles. The lowest BCUT2D eigenvalue weighted by Crippen LogP contribution is -2.28. The van der Waals surface area contributed by atoms with Crippen LogP contribution < -0.4 is 5.32 Å². The molecule has 1 heterocycles. The zero-order valence-electron chi connectivity index (χ0n) is 8.46. The minimum absolute atomic E-state index is 0.333. The summed E-state index contributed by atoms with van der Waals surface area (Å²) in [5.41, 5.74) is 0.333. The molecule has 1 aromatic heterocycles. The van der Waals surface area contributed by atoms with Gasteiger partial charge in [0, 0.05) is 19.5 Å². The average Bonchev–Trinajstić information content (AvgIpc) is 2.48. The van der Waals surface area contributed by atoms with Gasteiger partial charge in [0.25, 0.3) is 0 Å². The first-order valence-corrected chi connectivity index (χ1v) is 4.51. The normalized spacial score (nSPS) is 11.9. The molecule has 0 fully saturated rings. The fourth-order valence-electron chi connectivity index (χ4n) is 0.955. The van der Waals surface area contributed by atoms with E-state index in [1.807, 2.05) is 0 Å². The van der Waals surface area contributed by atoms with Gasteiger partial charge in [-0.05, 0) is 15.8 Å². The Morgan fingerprint density at radius 3 is 2.69 bits per heavy atom. The first kappa shape index (κ1) is 10.1. The lowest BCUT2D eigenvalue weighted by atomic mass is 9.97. The van der Waals surface area contributed by atoms with Gasteiger partial charge in [-0.1, -0.05) is 20.8 Å². The molecule has 0 atom stereocenters. The SMILES string of the molecule is CC(C)(C)CNCCc1nnn[nH]1.